The Hall–Kier alpha value is -2.37. The molecular formula is C20H23F2N3O. The van der Waals surface area contributed by atoms with Crippen LogP contribution in [0.1, 0.15) is 46.8 Å². The van der Waals surface area contributed by atoms with E-state index >= 15 is 0 Å². The predicted molar refractivity (Wildman–Crippen MR) is 94.8 cm³/mol. The van der Waals surface area contributed by atoms with E-state index in [1.807, 2.05) is 11.8 Å². The summed E-state index contributed by atoms with van der Waals surface area (Å²) in [6.07, 6.45) is 3.50. The highest BCUT2D eigenvalue weighted by molar-refractivity contribution is 5.92. The summed E-state index contributed by atoms with van der Waals surface area (Å²) < 4.78 is 26.3. The second-order valence-electron chi connectivity index (χ2n) is 6.99. The van der Waals surface area contributed by atoms with Crippen molar-refractivity contribution >= 4 is 5.91 Å². The van der Waals surface area contributed by atoms with Gasteiger partial charge in [0.2, 0.25) is 0 Å². The molecule has 1 saturated heterocycles. The van der Waals surface area contributed by atoms with Crippen LogP contribution in [0.4, 0.5) is 8.78 Å². The maximum atomic E-state index is 13.3. The predicted octanol–water partition coefficient (Wildman–Crippen LogP) is 3.86. The van der Waals surface area contributed by atoms with E-state index in [1.165, 1.54) is 12.1 Å². The van der Waals surface area contributed by atoms with E-state index in [0.717, 1.165) is 37.1 Å². The zero-order valence-corrected chi connectivity index (χ0v) is 15.1. The topological polar surface area (TPSA) is 46.1 Å². The fourth-order valence-electron chi connectivity index (χ4n) is 3.54. The molecule has 1 unspecified atom stereocenters. The molecule has 6 heteroatoms. The van der Waals surface area contributed by atoms with Crippen LogP contribution >= 0.6 is 0 Å². The number of benzene rings is 1. The number of amides is 1. The lowest BCUT2D eigenvalue weighted by atomic mass is 9.91. The molecule has 4 nitrogen and oxygen atoms in total. The summed E-state index contributed by atoms with van der Waals surface area (Å²) in [6.45, 7) is 5.03. The van der Waals surface area contributed by atoms with Gasteiger partial charge >= 0.3 is 0 Å². The summed E-state index contributed by atoms with van der Waals surface area (Å²) in [6, 6.07) is 5.77. The van der Waals surface area contributed by atoms with Gasteiger partial charge in [-0.15, -0.1) is 0 Å². The van der Waals surface area contributed by atoms with Crippen LogP contribution in [0.3, 0.4) is 0 Å². The molecule has 1 aromatic heterocycles. The molecule has 1 atom stereocenters. The molecule has 1 fully saturated rings. The molecule has 1 aliphatic heterocycles. The number of rotatable bonds is 4. The highest BCUT2D eigenvalue weighted by Crippen LogP contribution is 2.23. The first-order valence-corrected chi connectivity index (χ1v) is 8.98. The molecule has 0 saturated carbocycles. The maximum Gasteiger partial charge on any atom is 0.272 e. The number of piperidine rings is 1. The number of aromatic nitrogens is 2. The van der Waals surface area contributed by atoms with Gasteiger partial charge in [-0.2, -0.15) is 0 Å². The van der Waals surface area contributed by atoms with Crippen molar-refractivity contribution in [3.8, 4) is 0 Å². The number of carbonyl (C=O) groups excluding carboxylic acids is 1. The molecule has 1 aromatic carbocycles. The van der Waals surface area contributed by atoms with Gasteiger partial charge in [-0.3, -0.25) is 4.79 Å². The molecular weight excluding hydrogens is 336 g/mol. The van der Waals surface area contributed by atoms with Gasteiger partial charge in [-0.25, -0.2) is 18.7 Å². The highest BCUT2D eigenvalue weighted by Gasteiger charge is 2.25. The quantitative estimate of drug-likeness (QED) is 0.833. The Kier molecular flexibility index (Phi) is 5.59. The number of hydrogen-bond acceptors (Lipinski definition) is 3. The average molecular weight is 359 g/mol. The largest absolute Gasteiger partial charge is 0.337 e. The number of halogens is 2. The summed E-state index contributed by atoms with van der Waals surface area (Å²) in [5, 5.41) is 0. The van der Waals surface area contributed by atoms with Crippen molar-refractivity contribution in [2.24, 2.45) is 5.92 Å². The summed E-state index contributed by atoms with van der Waals surface area (Å²) in [4.78, 5) is 23.1. The minimum atomic E-state index is -0.821. The van der Waals surface area contributed by atoms with Crippen molar-refractivity contribution in [2.75, 3.05) is 13.1 Å². The lowest BCUT2D eigenvalue weighted by molar-refractivity contribution is 0.0661. The van der Waals surface area contributed by atoms with Crippen molar-refractivity contribution in [1.82, 2.24) is 14.9 Å². The average Bonchev–Trinajstić information content (AvgIpc) is 2.61. The normalized spacial score (nSPS) is 17.4. The first-order chi connectivity index (χ1) is 12.4. The summed E-state index contributed by atoms with van der Waals surface area (Å²) in [7, 11) is 0. The van der Waals surface area contributed by atoms with Crippen molar-refractivity contribution in [1.29, 1.82) is 0 Å². The molecule has 138 valence electrons. The van der Waals surface area contributed by atoms with E-state index in [1.54, 1.807) is 19.1 Å². The van der Waals surface area contributed by atoms with Gasteiger partial charge in [0.15, 0.2) is 11.6 Å². The molecule has 0 aliphatic carbocycles. The van der Waals surface area contributed by atoms with Crippen LogP contribution in [0.2, 0.25) is 0 Å². The van der Waals surface area contributed by atoms with E-state index in [4.69, 9.17) is 0 Å². The van der Waals surface area contributed by atoms with E-state index in [-0.39, 0.29) is 5.91 Å². The lowest BCUT2D eigenvalue weighted by Crippen LogP contribution is -2.40. The van der Waals surface area contributed by atoms with Crippen LogP contribution in [-0.2, 0) is 6.42 Å². The Morgan fingerprint density at radius 1 is 1.19 bits per heavy atom. The van der Waals surface area contributed by atoms with Crippen LogP contribution in [0, 0.1) is 31.4 Å². The number of carbonyl (C=O) groups is 1. The van der Waals surface area contributed by atoms with Gasteiger partial charge in [-0.05, 0) is 69.2 Å². The number of hydrogen-bond donors (Lipinski definition) is 0. The van der Waals surface area contributed by atoms with Crippen LogP contribution < -0.4 is 0 Å². The smallest absolute Gasteiger partial charge is 0.272 e. The zero-order chi connectivity index (χ0) is 18.7. The van der Waals surface area contributed by atoms with Crippen molar-refractivity contribution in [3.63, 3.8) is 0 Å². The van der Waals surface area contributed by atoms with Crippen molar-refractivity contribution in [2.45, 2.75) is 39.5 Å². The Morgan fingerprint density at radius 2 is 2.00 bits per heavy atom. The first-order valence-electron chi connectivity index (χ1n) is 8.98. The van der Waals surface area contributed by atoms with E-state index < -0.39 is 11.6 Å². The summed E-state index contributed by atoms with van der Waals surface area (Å²) >= 11 is 0. The van der Waals surface area contributed by atoms with E-state index in [9.17, 15) is 13.6 Å². The van der Waals surface area contributed by atoms with Gasteiger partial charge in [-0.1, -0.05) is 6.07 Å². The molecule has 0 spiro atoms. The molecule has 0 bridgehead atoms. The van der Waals surface area contributed by atoms with Crippen molar-refractivity contribution < 1.29 is 13.6 Å². The second-order valence-corrected chi connectivity index (χ2v) is 6.99. The van der Waals surface area contributed by atoms with Crippen LogP contribution in [-0.4, -0.2) is 33.9 Å². The van der Waals surface area contributed by atoms with Gasteiger partial charge < -0.3 is 4.90 Å². The highest BCUT2D eigenvalue weighted by atomic mass is 19.2. The number of aryl methyl sites for hydroxylation is 3. The molecule has 2 aromatic rings. The fourth-order valence-corrected chi connectivity index (χ4v) is 3.54. The Labute approximate surface area is 152 Å². The Bertz CT molecular complexity index is 789. The van der Waals surface area contributed by atoms with Crippen LogP contribution in [0.5, 0.6) is 0 Å². The number of nitrogens with zero attached hydrogens (tertiary/aromatic N) is 3. The maximum absolute atomic E-state index is 13.3. The minimum Gasteiger partial charge on any atom is -0.337 e. The zero-order valence-electron chi connectivity index (χ0n) is 15.1. The fraction of sp³-hybridized carbons (Fsp3) is 0.450. The third-order valence-electron chi connectivity index (χ3n) is 4.82. The van der Waals surface area contributed by atoms with Gasteiger partial charge in [0.25, 0.3) is 5.91 Å². The van der Waals surface area contributed by atoms with E-state index in [0.29, 0.717) is 30.4 Å². The molecule has 0 radical (unpaired) electrons. The van der Waals surface area contributed by atoms with Crippen molar-refractivity contribution in [3.05, 3.63) is 58.7 Å². The minimum absolute atomic E-state index is 0.0591. The summed E-state index contributed by atoms with van der Waals surface area (Å²) in [5.74, 6) is -0.739. The van der Waals surface area contributed by atoms with Gasteiger partial charge in [0.1, 0.15) is 11.5 Å². The Morgan fingerprint density at radius 3 is 2.73 bits per heavy atom. The van der Waals surface area contributed by atoms with Crippen LogP contribution in [0.25, 0.3) is 0 Å². The molecule has 1 aliphatic rings. The number of likely N-dealkylation sites (tertiary alicyclic amines) is 1. The molecule has 0 N–H and O–H groups in total. The third-order valence-corrected chi connectivity index (χ3v) is 4.82. The second kappa shape index (κ2) is 7.89. The van der Waals surface area contributed by atoms with Crippen LogP contribution in [0.15, 0.2) is 24.3 Å². The van der Waals surface area contributed by atoms with Gasteiger partial charge in [0, 0.05) is 18.8 Å². The molecule has 2 heterocycles. The first kappa shape index (κ1) is 18.4. The summed E-state index contributed by atoms with van der Waals surface area (Å²) in [5.41, 5.74) is 2.01. The third kappa shape index (κ3) is 4.42. The SMILES string of the molecule is Cc1cc(C(=O)N2CCCC(CCc3ccc(F)c(F)c3)C2)nc(C)n1. The van der Waals surface area contributed by atoms with E-state index in [2.05, 4.69) is 9.97 Å². The molecule has 1 amide bonds. The standard InChI is InChI=1S/C20H23F2N3O/c1-13-10-19(24-14(2)23-13)20(26)25-9-3-4-16(12-25)6-5-15-7-8-17(21)18(22)11-15/h7-8,10-11,16H,3-6,9,12H2,1-2H3. The monoisotopic (exact) mass is 359 g/mol. The Balaban J connectivity index is 1.61. The molecule has 3 rings (SSSR count). The van der Waals surface area contributed by atoms with Gasteiger partial charge in [0.05, 0.1) is 0 Å². The molecule has 26 heavy (non-hydrogen) atoms. The lowest BCUT2D eigenvalue weighted by Gasteiger charge is -2.32.